The molecule has 1 N–H and O–H groups in total. The number of halogens is 1. The van der Waals surface area contributed by atoms with Crippen LogP contribution in [-0.2, 0) is 10.0 Å². The van der Waals surface area contributed by atoms with Gasteiger partial charge >= 0.3 is 0 Å². The highest BCUT2D eigenvalue weighted by Gasteiger charge is 2.23. The van der Waals surface area contributed by atoms with Crippen LogP contribution >= 0.6 is 22.9 Å². The van der Waals surface area contributed by atoms with Crippen LogP contribution in [-0.4, -0.2) is 14.5 Å². The van der Waals surface area contributed by atoms with E-state index in [1.807, 2.05) is 24.3 Å². The predicted octanol–water partition coefficient (Wildman–Crippen LogP) is 3.24. The van der Waals surface area contributed by atoms with E-state index in [-0.39, 0.29) is 10.3 Å². The number of nitrogens with one attached hydrogen (secondary N) is 1. The van der Waals surface area contributed by atoms with Crippen molar-refractivity contribution in [2.45, 2.75) is 24.1 Å². The van der Waals surface area contributed by atoms with Crippen molar-refractivity contribution in [1.82, 2.24) is 4.72 Å². The van der Waals surface area contributed by atoms with E-state index >= 15 is 0 Å². The molecule has 17 heavy (non-hydrogen) atoms. The first-order valence-electron chi connectivity index (χ1n) is 5.11. The first kappa shape index (κ1) is 12.8. The summed E-state index contributed by atoms with van der Waals surface area (Å²) in [6.07, 6.45) is 0. The average Bonchev–Trinajstić information content (AvgIpc) is 2.56. The number of hydrogen-bond acceptors (Lipinski definition) is 3. The molecule has 6 heteroatoms. The Kier molecular flexibility index (Phi) is 3.45. The molecule has 1 aromatic heterocycles. The Labute approximate surface area is 109 Å². The van der Waals surface area contributed by atoms with Gasteiger partial charge in [0.15, 0.2) is 4.21 Å². The van der Waals surface area contributed by atoms with E-state index in [1.165, 1.54) is 11.3 Å². The predicted molar refractivity (Wildman–Crippen MR) is 72.3 cm³/mol. The van der Waals surface area contributed by atoms with Crippen LogP contribution < -0.4 is 4.72 Å². The molecule has 2 aromatic rings. The molecule has 0 saturated carbocycles. The third kappa shape index (κ3) is 2.47. The van der Waals surface area contributed by atoms with Crippen LogP contribution in [0.4, 0.5) is 0 Å². The molecule has 0 amide bonds. The maximum atomic E-state index is 12.0. The minimum Gasteiger partial charge on any atom is -0.208 e. The highest BCUT2D eigenvalue weighted by molar-refractivity contribution is 7.92. The zero-order chi connectivity index (χ0) is 12.6. The molecular formula is C11H12ClNO2S2. The quantitative estimate of drug-likeness (QED) is 0.943. The van der Waals surface area contributed by atoms with E-state index in [0.29, 0.717) is 5.02 Å². The number of thiophene rings is 1. The van der Waals surface area contributed by atoms with Crippen LogP contribution in [0.15, 0.2) is 28.5 Å². The minimum absolute atomic E-state index is 0.152. The first-order valence-corrected chi connectivity index (χ1v) is 7.79. The lowest BCUT2D eigenvalue weighted by atomic mass is 10.3. The summed E-state index contributed by atoms with van der Waals surface area (Å²) in [5.74, 6) is 0. The molecule has 2 rings (SSSR count). The lowest BCUT2D eigenvalue weighted by Gasteiger charge is -2.07. The maximum absolute atomic E-state index is 12.0. The van der Waals surface area contributed by atoms with E-state index in [0.717, 1.165) is 10.1 Å². The van der Waals surface area contributed by atoms with Crippen molar-refractivity contribution >= 4 is 43.0 Å². The van der Waals surface area contributed by atoms with Gasteiger partial charge in [-0.3, -0.25) is 0 Å². The Morgan fingerprint density at radius 3 is 2.53 bits per heavy atom. The molecule has 0 atom stereocenters. The van der Waals surface area contributed by atoms with Gasteiger partial charge in [0, 0.05) is 16.1 Å². The van der Waals surface area contributed by atoms with Gasteiger partial charge in [0.1, 0.15) is 0 Å². The zero-order valence-electron chi connectivity index (χ0n) is 9.40. The van der Waals surface area contributed by atoms with Crippen molar-refractivity contribution in [3.63, 3.8) is 0 Å². The highest BCUT2D eigenvalue weighted by atomic mass is 35.5. The summed E-state index contributed by atoms with van der Waals surface area (Å²) in [7, 11) is -3.52. The number of hydrogen-bond donors (Lipinski definition) is 1. The number of rotatable bonds is 3. The van der Waals surface area contributed by atoms with E-state index in [1.54, 1.807) is 13.8 Å². The van der Waals surface area contributed by atoms with Crippen LogP contribution in [0.2, 0.25) is 5.02 Å². The number of fused-ring (bicyclic) bond motifs is 1. The Bertz CT molecular complexity index is 647. The van der Waals surface area contributed by atoms with Gasteiger partial charge in [-0.2, -0.15) is 0 Å². The fourth-order valence-corrected chi connectivity index (χ4v) is 4.92. The van der Waals surface area contributed by atoms with Crippen LogP contribution in [0.3, 0.4) is 0 Å². The van der Waals surface area contributed by atoms with Gasteiger partial charge in [0.05, 0.1) is 5.02 Å². The summed E-state index contributed by atoms with van der Waals surface area (Å²) in [6, 6.07) is 7.23. The van der Waals surface area contributed by atoms with E-state index in [9.17, 15) is 8.42 Å². The molecule has 0 radical (unpaired) electrons. The van der Waals surface area contributed by atoms with Crippen molar-refractivity contribution < 1.29 is 8.42 Å². The lowest BCUT2D eigenvalue weighted by molar-refractivity contribution is 0.572. The van der Waals surface area contributed by atoms with Crippen molar-refractivity contribution in [2.75, 3.05) is 0 Å². The molecule has 92 valence electrons. The minimum atomic E-state index is -3.52. The maximum Gasteiger partial charge on any atom is 0.251 e. The molecule has 0 saturated heterocycles. The van der Waals surface area contributed by atoms with Crippen molar-refractivity contribution in [3.8, 4) is 0 Å². The van der Waals surface area contributed by atoms with Crippen LogP contribution in [0.1, 0.15) is 13.8 Å². The fraction of sp³-hybridized carbons (Fsp3) is 0.273. The third-order valence-corrected chi connectivity index (χ3v) is 6.10. The van der Waals surface area contributed by atoms with Crippen molar-refractivity contribution in [2.24, 2.45) is 0 Å². The molecule has 1 aromatic carbocycles. The van der Waals surface area contributed by atoms with Gasteiger partial charge < -0.3 is 0 Å². The summed E-state index contributed by atoms with van der Waals surface area (Å²) in [4.78, 5) is 0. The van der Waals surface area contributed by atoms with Crippen molar-refractivity contribution in [3.05, 3.63) is 29.3 Å². The Hall–Kier alpha value is -0.620. The van der Waals surface area contributed by atoms with E-state index < -0.39 is 10.0 Å². The number of sulfonamides is 1. The zero-order valence-corrected chi connectivity index (χ0v) is 11.8. The Morgan fingerprint density at radius 2 is 1.94 bits per heavy atom. The fourth-order valence-electron chi connectivity index (χ4n) is 1.53. The molecule has 3 nitrogen and oxygen atoms in total. The van der Waals surface area contributed by atoms with Gasteiger partial charge in [0.25, 0.3) is 10.0 Å². The summed E-state index contributed by atoms with van der Waals surface area (Å²) in [6.45, 7) is 3.55. The molecule has 0 fully saturated rings. The smallest absolute Gasteiger partial charge is 0.208 e. The molecule has 0 aliphatic rings. The second-order valence-corrected chi connectivity index (χ2v) is 7.32. The second kappa shape index (κ2) is 4.57. The lowest BCUT2D eigenvalue weighted by Crippen LogP contribution is -2.29. The molecule has 0 aliphatic carbocycles. The van der Waals surface area contributed by atoms with Crippen LogP contribution in [0.5, 0.6) is 0 Å². The van der Waals surface area contributed by atoms with Crippen LogP contribution in [0.25, 0.3) is 10.1 Å². The normalized spacial score (nSPS) is 12.5. The van der Waals surface area contributed by atoms with Gasteiger partial charge in [-0.25, -0.2) is 13.1 Å². The van der Waals surface area contributed by atoms with Gasteiger partial charge in [-0.05, 0) is 19.9 Å². The largest absolute Gasteiger partial charge is 0.251 e. The van der Waals surface area contributed by atoms with E-state index in [4.69, 9.17) is 11.6 Å². The molecule has 0 unspecified atom stereocenters. The average molecular weight is 290 g/mol. The summed E-state index contributed by atoms with van der Waals surface area (Å²) in [5.41, 5.74) is 0. The topological polar surface area (TPSA) is 46.2 Å². The third-order valence-electron chi connectivity index (χ3n) is 2.14. The molecule has 0 bridgehead atoms. The van der Waals surface area contributed by atoms with E-state index in [2.05, 4.69) is 4.72 Å². The molecule has 0 aliphatic heterocycles. The van der Waals surface area contributed by atoms with Gasteiger partial charge in [0.2, 0.25) is 0 Å². The van der Waals surface area contributed by atoms with Gasteiger partial charge in [-0.15, -0.1) is 11.3 Å². The summed E-state index contributed by atoms with van der Waals surface area (Å²) >= 11 is 7.31. The standard InChI is InChI=1S/C11H12ClNO2S2/c1-7(2)13-17(14,15)11-10(12)8-5-3-4-6-9(8)16-11/h3-7,13H,1-2H3. The Morgan fingerprint density at radius 1 is 1.29 bits per heavy atom. The summed E-state index contributed by atoms with van der Waals surface area (Å²) in [5, 5.41) is 1.09. The molecule has 0 spiro atoms. The molecule has 1 heterocycles. The first-order chi connectivity index (χ1) is 7.92. The van der Waals surface area contributed by atoms with Gasteiger partial charge in [-0.1, -0.05) is 29.8 Å². The van der Waals surface area contributed by atoms with Crippen molar-refractivity contribution in [1.29, 1.82) is 0 Å². The molecular weight excluding hydrogens is 278 g/mol. The monoisotopic (exact) mass is 289 g/mol. The number of benzene rings is 1. The highest BCUT2D eigenvalue weighted by Crippen LogP contribution is 2.38. The SMILES string of the molecule is CC(C)NS(=O)(=O)c1sc2ccccc2c1Cl. The summed E-state index contributed by atoms with van der Waals surface area (Å²) < 4.78 is 27.7. The Balaban J connectivity index is 2.60. The van der Waals surface area contributed by atoms with Crippen LogP contribution in [0, 0.1) is 0 Å². The second-order valence-electron chi connectivity index (χ2n) is 3.98.